The number of aliphatic hydroxyl groups is 1. The normalized spacial score (nSPS) is 9.94. The summed E-state index contributed by atoms with van der Waals surface area (Å²) in [4.78, 5) is 26.6. The summed E-state index contributed by atoms with van der Waals surface area (Å²) in [5.41, 5.74) is 13.1. The number of aromatic hydroxyl groups is 1. The standard InChI is InChI=1S/C16H18N4O3.C7H7NO/c1-9-14(22)13(8-21)12(6-19-9)7-20-16(23)11-4-2-3-10(5-11)15(17)18;8-7(9)6-4-2-1-3-5-6/h2-6,21-22H,7-8H2,1H3,(H3,17,18)(H,20,23);1-5H,(H2,8,9). The van der Waals surface area contributed by atoms with E-state index in [9.17, 15) is 19.8 Å². The van der Waals surface area contributed by atoms with Crippen molar-refractivity contribution in [2.45, 2.75) is 20.1 Å². The smallest absolute Gasteiger partial charge is 0.251 e. The summed E-state index contributed by atoms with van der Waals surface area (Å²) in [6.45, 7) is 1.39. The number of nitrogen functional groups attached to an aromatic ring is 1. The number of carbonyl (C=O) groups excluding carboxylic acids is 2. The van der Waals surface area contributed by atoms with Crippen LogP contribution in [0.15, 0.2) is 60.8 Å². The third kappa shape index (κ3) is 6.38. The molecule has 0 aliphatic rings. The van der Waals surface area contributed by atoms with E-state index in [1.54, 1.807) is 49.4 Å². The van der Waals surface area contributed by atoms with Crippen molar-refractivity contribution in [3.05, 3.63) is 94.3 Å². The van der Waals surface area contributed by atoms with Gasteiger partial charge in [-0.25, -0.2) is 0 Å². The number of rotatable bonds is 6. The highest BCUT2D eigenvalue weighted by atomic mass is 16.3. The van der Waals surface area contributed by atoms with Gasteiger partial charge in [0, 0.05) is 35.0 Å². The van der Waals surface area contributed by atoms with Crippen molar-refractivity contribution in [2.24, 2.45) is 11.5 Å². The fourth-order valence-electron chi connectivity index (χ4n) is 2.72. The lowest BCUT2D eigenvalue weighted by atomic mass is 10.1. The maximum absolute atomic E-state index is 12.2. The van der Waals surface area contributed by atoms with Crippen molar-refractivity contribution >= 4 is 17.6 Å². The van der Waals surface area contributed by atoms with Crippen molar-refractivity contribution in [2.75, 3.05) is 0 Å². The molecule has 0 saturated heterocycles. The Kier molecular flexibility index (Phi) is 8.44. The van der Waals surface area contributed by atoms with Gasteiger partial charge < -0.3 is 27.0 Å². The molecular formula is C23H25N5O4. The molecule has 0 aliphatic heterocycles. The molecule has 0 spiro atoms. The Morgan fingerprint density at radius 1 is 1.03 bits per heavy atom. The van der Waals surface area contributed by atoms with Crippen LogP contribution >= 0.6 is 0 Å². The molecule has 9 nitrogen and oxygen atoms in total. The lowest BCUT2D eigenvalue weighted by Crippen LogP contribution is -2.24. The van der Waals surface area contributed by atoms with Gasteiger partial charge in [0.2, 0.25) is 5.91 Å². The zero-order valence-electron chi connectivity index (χ0n) is 17.5. The zero-order valence-corrected chi connectivity index (χ0v) is 17.5. The van der Waals surface area contributed by atoms with Gasteiger partial charge in [-0.15, -0.1) is 0 Å². The molecule has 32 heavy (non-hydrogen) atoms. The fraction of sp³-hybridized carbons (Fsp3) is 0.130. The Bertz CT molecular complexity index is 1120. The predicted molar refractivity (Wildman–Crippen MR) is 120 cm³/mol. The molecule has 0 atom stereocenters. The Morgan fingerprint density at radius 2 is 1.66 bits per heavy atom. The van der Waals surface area contributed by atoms with E-state index in [1.165, 1.54) is 12.3 Å². The monoisotopic (exact) mass is 435 g/mol. The molecule has 9 heteroatoms. The largest absolute Gasteiger partial charge is 0.506 e. The highest BCUT2D eigenvalue weighted by Crippen LogP contribution is 2.23. The van der Waals surface area contributed by atoms with Crippen LogP contribution in [0.1, 0.15) is 43.1 Å². The van der Waals surface area contributed by atoms with Crippen LogP contribution < -0.4 is 16.8 Å². The van der Waals surface area contributed by atoms with Gasteiger partial charge in [-0.05, 0) is 36.8 Å². The number of pyridine rings is 1. The molecule has 0 bridgehead atoms. The molecule has 3 aromatic rings. The van der Waals surface area contributed by atoms with E-state index in [2.05, 4.69) is 10.3 Å². The molecule has 1 heterocycles. The Hall–Kier alpha value is -4.24. The SMILES string of the molecule is Cc1ncc(CNC(=O)c2cccc(C(=N)N)c2)c(CO)c1O.NC(=O)c1ccccc1. The topological polar surface area (TPSA) is 175 Å². The molecule has 0 aliphatic carbocycles. The van der Waals surface area contributed by atoms with E-state index < -0.39 is 0 Å². The van der Waals surface area contributed by atoms with Crippen LogP contribution in [0.4, 0.5) is 0 Å². The maximum Gasteiger partial charge on any atom is 0.251 e. The van der Waals surface area contributed by atoms with Gasteiger partial charge in [0.05, 0.1) is 12.3 Å². The number of nitrogens with zero attached hydrogens (tertiary/aromatic N) is 1. The summed E-state index contributed by atoms with van der Waals surface area (Å²) < 4.78 is 0. The molecular weight excluding hydrogens is 410 g/mol. The minimum atomic E-state index is -0.379. The minimum absolute atomic E-state index is 0.0715. The Balaban J connectivity index is 0.000000336. The number of aromatic nitrogens is 1. The van der Waals surface area contributed by atoms with Crippen molar-refractivity contribution < 1.29 is 19.8 Å². The number of amidine groups is 1. The van der Waals surface area contributed by atoms with Crippen LogP contribution in [0.2, 0.25) is 0 Å². The first-order valence-corrected chi connectivity index (χ1v) is 9.59. The molecule has 1 aromatic heterocycles. The molecule has 0 saturated carbocycles. The van der Waals surface area contributed by atoms with Crippen LogP contribution in [0, 0.1) is 12.3 Å². The number of hydrogen-bond acceptors (Lipinski definition) is 6. The number of benzene rings is 2. The summed E-state index contributed by atoms with van der Waals surface area (Å²) >= 11 is 0. The van der Waals surface area contributed by atoms with Crippen molar-refractivity contribution in [3.8, 4) is 5.75 Å². The second-order valence-electron chi connectivity index (χ2n) is 6.76. The third-order valence-corrected chi connectivity index (χ3v) is 4.52. The average Bonchev–Trinajstić information content (AvgIpc) is 2.80. The van der Waals surface area contributed by atoms with Crippen molar-refractivity contribution in [1.29, 1.82) is 5.41 Å². The highest BCUT2D eigenvalue weighted by molar-refractivity contribution is 6.00. The quantitative estimate of drug-likeness (QED) is 0.253. The number of nitrogens with one attached hydrogen (secondary N) is 2. The van der Waals surface area contributed by atoms with Gasteiger partial charge in [-0.1, -0.05) is 30.3 Å². The van der Waals surface area contributed by atoms with Gasteiger partial charge in [-0.3, -0.25) is 20.0 Å². The lowest BCUT2D eigenvalue weighted by molar-refractivity contribution is 0.0949. The molecule has 166 valence electrons. The number of nitrogens with two attached hydrogens (primary N) is 2. The van der Waals surface area contributed by atoms with Gasteiger partial charge in [-0.2, -0.15) is 0 Å². The van der Waals surface area contributed by atoms with Crippen LogP contribution in [-0.4, -0.2) is 32.8 Å². The Morgan fingerprint density at radius 3 is 2.22 bits per heavy atom. The molecule has 2 amide bonds. The summed E-state index contributed by atoms with van der Waals surface area (Å²) in [5, 5.41) is 29.3. The highest BCUT2D eigenvalue weighted by Gasteiger charge is 2.13. The van der Waals surface area contributed by atoms with Crippen LogP contribution in [0.3, 0.4) is 0 Å². The summed E-state index contributed by atoms with van der Waals surface area (Å²) in [6.07, 6.45) is 1.51. The number of amides is 2. The van der Waals surface area contributed by atoms with Gasteiger partial charge >= 0.3 is 0 Å². The first-order valence-electron chi connectivity index (χ1n) is 9.59. The second-order valence-corrected chi connectivity index (χ2v) is 6.76. The van der Waals surface area contributed by atoms with E-state index >= 15 is 0 Å². The number of carbonyl (C=O) groups is 2. The van der Waals surface area contributed by atoms with Crippen LogP contribution in [0.5, 0.6) is 5.75 Å². The first-order chi connectivity index (χ1) is 15.2. The number of aliphatic hydroxyl groups excluding tert-OH is 1. The van der Waals surface area contributed by atoms with Gasteiger partial charge in [0.15, 0.2) is 0 Å². The molecule has 3 rings (SSSR count). The number of aryl methyl sites for hydroxylation is 1. The Labute approximate surface area is 185 Å². The lowest BCUT2D eigenvalue weighted by Gasteiger charge is -2.12. The fourth-order valence-corrected chi connectivity index (χ4v) is 2.72. The minimum Gasteiger partial charge on any atom is -0.506 e. The number of primary amides is 1. The zero-order chi connectivity index (χ0) is 23.7. The maximum atomic E-state index is 12.2. The van der Waals surface area contributed by atoms with Crippen LogP contribution in [-0.2, 0) is 13.2 Å². The van der Waals surface area contributed by atoms with Crippen molar-refractivity contribution in [1.82, 2.24) is 10.3 Å². The number of hydrogen-bond donors (Lipinski definition) is 6. The molecule has 8 N–H and O–H groups in total. The molecule has 0 fully saturated rings. The summed E-state index contributed by atoms with van der Waals surface area (Å²) in [6, 6.07) is 15.2. The molecule has 0 radical (unpaired) electrons. The summed E-state index contributed by atoms with van der Waals surface area (Å²) in [5.74, 6) is -0.916. The van der Waals surface area contributed by atoms with Crippen LogP contribution in [0.25, 0.3) is 0 Å². The average molecular weight is 435 g/mol. The van der Waals surface area contributed by atoms with Gasteiger partial charge in [0.1, 0.15) is 11.6 Å². The van der Waals surface area contributed by atoms with E-state index in [4.69, 9.17) is 16.9 Å². The van der Waals surface area contributed by atoms with E-state index in [0.717, 1.165) is 0 Å². The van der Waals surface area contributed by atoms with Gasteiger partial charge in [0.25, 0.3) is 5.91 Å². The predicted octanol–water partition coefficient (Wildman–Crippen LogP) is 1.59. The first kappa shape index (κ1) is 24.0. The third-order valence-electron chi connectivity index (χ3n) is 4.52. The molecule has 2 aromatic carbocycles. The van der Waals surface area contributed by atoms with E-state index in [-0.39, 0.29) is 36.6 Å². The van der Waals surface area contributed by atoms with E-state index in [1.807, 2.05) is 6.07 Å². The van der Waals surface area contributed by atoms with Crippen molar-refractivity contribution in [3.63, 3.8) is 0 Å². The molecule has 0 unspecified atom stereocenters. The summed E-state index contributed by atoms with van der Waals surface area (Å²) in [7, 11) is 0. The second kappa shape index (κ2) is 11.2. The van der Waals surface area contributed by atoms with E-state index in [0.29, 0.717) is 33.5 Å².